The van der Waals surface area contributed by atoms with Crippen LogP contribution in [-0.2, 0) is 0 Å². The van der Waals surface area contributed by atoms with Crippen LogP contribution in [0.25, 0.3) is 0 Å². The first-order valence-electron chi connectivity index (χ1n) is 6.36. The fourth-order valence-corrected chi connectivity index (χ4v) is 3.06. The van der Waals surface area contributed by atoms with Gasteiger partial charge in [-0.3, -0.25) is 4.90 Å². The first-order chi connectivity index (χ1) is 7.25. The van der Waals surface area contributed by atoms with Crippen molar-refractivity contribution in [1.82, 2.24) is 10.2 Å². The summed E-state index contributed by atoms with van der Waals surface area (Å²) in [5.74, 6) is 0.889. The third-order valence-electron chi connectivity index (χ3n) is 3.70. The van der Waals surface area contributed by atoms with Crippen molar-refractivity contribution in [2.75, 3.05) is 26.2 Å². The minimum Gasteiger partial charge on any atom is -0.314 e. The van der Waals surface area contributed by atoms with E-state index in [-0.39, 0.29) is 0 Å². The number of likely N-dealkylation sites (tertiary alicyclic amines) is 1. The van der Waals surface area contributed by atoms with Crippen LogP contribution >= 0.6 is 0 Å². The molecule has 2 saturated heterocycles. The number of hydrogen-bond acceptors (Lipinski definition) is 2. The predicted molar refractivity (Wildman–Crippen MR) is 65.0 cm³/mol. The summed E-state index contributed by atoms with van der Waals surface area (Å²) < 4.78 is 0. The summed E-state index contributed by atoms with van der Waals surface area (Å²) in [5.41, 5.74) is 1.30. The lowest BCUT2D eigenvalue weighted by Crippen LogP contribution is -2.43. The molecule has 2 unspecified atom stereocenters. The fourth-order valence-electron chi connectivity index (χ4n) is 3.06. The maximum atomic E-state index is 4.01. The van der Waals surface area contributed by atoms with Gasteiger partial charge >= 0.3 is 0 Å². The molecular weight excluding hydrogens is 184 g/mol. The van der Waals surface area contributed by atoms with E-state index in [4.69, 9.17) is 0 Å². The van der Waals surface area contributed by atoms with Crippen molar-refractivity contribution >= 4 is 0 Å². The van der Waals surface area contributed by atoms with Gasteiger partial charge in [0.2, 0.25) is 0 Å². The van der Waals surface area contributed by atoms with Crippen LogP contribution in [0.3, 0.4) is 0 Å². The molecule has 0 amide bonds. The lowest BCUT2D eigenvalue weighted by molar-refractivity contribution is 0.162. The second kappa shape index (κ2) is 5.13. The molecule has 2 aliphatic heterocycles. The fraction of sp³-hybridized carbons (Fsp3) is 0.846. The van der Waals surface area contributed by atoms with Crippen LogP contribution in [0, 0.1) is 5.92 Å². The predicted octanol–water partition coefficient (Wildman–Crippen LogP) is 2.03. The standard InChI is InChI=1S/C13H24N2/c1-11(2)9-15-8-4-5-12(10-15)13-6-3-7-14-13/h12-14H,1,3-10H2,2H3. The number of hydrogen-bond donors (Lipinski definition) is 1. The molecule has 2 atom stereocenters. The lowest BCUT2D eigenvalue weighted by atomic mass is 9.89. The molecule has 0 aliphatic carbocycles. The molecular formula is C13H24N2. The van der Waals surface area contributed by atoms with Crippen LogP contribution in [0.15, 0.2) is 12.2 Å². The van der Waals surface area contributed by atoms with Crippen LogP contribution < -0.4 is 5.32 Å². The summed E-state index contributed by atoms with van der Waals surface area (Å²) in [6.45, 7) is 11.0. The third kappa shape index (κ3) is 3.05. The van der Waals surface area contributed by atoms with Crippen molar-refractivity contribution < 1.29 is 0 Å². The molecule has 0 aromatic carbocycles. The number of nitrogens with zero attached hydrogens (tertiary/aromatic N) is 1. The molecule has 1 N–H and O–H groups in total. The second-order valence-corrected chi connectivity index (χ2v) is 5.30. The number of rotatable bonds is 3. The Balaban J connectivity index is 1.83. The summed E-state index contributed by atoms with van der Waals surface area (Å²) >= 11 is 0. The van der Waals surface area contributed by atoms with Gasteiger partial charge in [-0.15, -0.1) is 0 Å². The molecule has 86 valence electrons. The van der Waals surface area contributed by atoms with E-state index >= 15 is 0 Å². The minimum absolute atomic E-state index is 0.804. The first kappa shape index (κ1) is 11.2. The van der Waals surface area contributed by atoms with Crippen molar-refractivity contribution in [2.24, 2.45) is 5.92 Å². The molecule has 2 rings (SSSR count). The van der Waals surface area contributed by atoms with Crippen LogP contribution in [0.2, 0.25) is 0 Å². The zero-order valence-electron chi connectivity index (χ0n) is 9.97. The number of nitrogens with one attached hydrogen (secondary N) is 1. The molecule has 0 bridgehead atoms. The summed E-state index contributed by atoms with van der Waals surface area (Å²) in [6, 6.07) is 0.804. The molecule has 2 nitrogen and oxygen atoms in total. The Morgan fingerprint density at radius 3 is 2.93 bits per heavy atom. The van der Waals surface area contributed by atoms with Gasteiger partial charge in [-0.2, -0.15) is 0 Å². The smallest absolute Gasteiger partial charge is 0.0187 e. The highest BCUT2D eigenvalue weighted by molar-refractivity contribution is 4.94. The van der Waals surface area contributed by atoms with E-state index in [0.29, 0.717) is 0 Å². The molecule has 2 aliphatic rings. The van der Waals surface area contributed by atoms with Crippen molar-refractivity contribution in [3.8, 4) is 0 Å². The topological polar surface area (TPSA) is 15.3 Å². The largest absolute Gasteiger partial charge is 0.314 e. The Labute approximate surface area is 93.7 Å². The van der Waals surface area contributed by atoms with Gasteiger partial charge < -0.3 is 5.32 Å². The van der Waals surface area contributed by atoms with Gasteiger partial charge in [0, 0.05) is 19.1 Å². The highest BCUT2D eigenvalue weighted by Crippen LogP contribution is 2.24. The Morgan fingerprint density at radius 2 is 2.27 bits per heavy atom. The van der Waals surface area contributed by atoms with Gasteiger partial charge in [-0.25, -0.2) is 0 Å². The van der Waals surface area contributed by atoms with Crippen molar-refractivity contribution in [3.63, 3.8) is 0 Å². The van der Waals surface area contributed by atoms with Crippen molar-refractivity contribution in [3.05, 3.63) is 12.2 Å². The highest BCUT2D eigenvalue weighted by Gasteiger charge is 2.28. The van der Waals surface area contributed by atoms with Crippen LogP contribution in [0.1, 0.15) is 32.6 Å². The molecule has 0 aromatic heterocycles. The quantitative estimate of drug-likeness (QED) is 0.714. The highest BCUT2D eigenvalue weighted by atomic mass is 15.1. The normalized spacial score (nSPS) is 33.1. The van der Waals surface area contributed by atoms with Crippen molar-refractivity contribution in [2.45, 2.75) is 38.6 Å². The average Bonchev–Trinajstić information content (AvgIpc) is 2.69. The molecule has 0 radical (unpaired) electrons. The maximum absolute atomic E-state index is 4.01. The van der Waals surface area contributed by atoms with E-state index in [9.17, 15) is 0 Å². The van der Waals surface area contributed by atoms with Crippen molar-refractivity contribution in [1.29, 1.82) is 0 Å². The molecule has 2 fully saturated rings. The maximum Gasteiger partial charge on any atom is 0.0187 e. The molecule has 2 heteroatoms. The Kier molecular flexibility index (Phi) is 3.81. The summed E-state index contributed by atoms with van der Waals surface area (Å²) in [4.78, 5) is 2.58. The van der Waals surface area contributed by atoms with E-state index < -0.39 is 0 Å². The van der Waals surface area contributed by atoms with E-state index in [0.717, 1.165) is 18.5 Å². The second-order valence-electron chi connectivity index (χ2n) is 5.30. The van der Waals surface area contributed by atoms with Gasteiger partial charge in [0.1, 0.15) is 0 Å². The van der Waals surface area contributed by atoms with E-state index in [2.05, 4.69) is 23.7 Å². The van der Waals surface area contributed by atoms with Gasteiger partial charge in [0.25, 0.3) is 0 Å². The monoisotopic (exact) mass is 208 g/mol. The molecule has 0 aromatic rings. The number of piperidine rings is 1. The minimum atomic E-state index is 0.804. The van der Waals surface area contributed by atoms with E-state index in [1.807, 2.05) is 0 Å². The summed E-state index contributed by atoms with van der Waals surface area (Å²) in [6.07, 6.45) is 5.56. The van der Waals surface area contributed by atoms with Gasteiger partial charge in [-0.05, 0) is 51.6 Å². The van der Waals surface area contributed by atoms with Crippen LogP contribution in [-0.4, -0.2) is 37.1 Å². The van der Waals surface area contributed by atoms with Crippen LogP contribution in [0.5, 0.6) is 0 Å². The lowest BCUT2D eigenvalue weighted by Gasteiger charge is -2.35. The van der Waals surface area contributed by atoms with Gasteiger partial charge in [-0.1, -0.05) is 12.2 Å². The Hall–Kier alpha value is -0.340. The SMILES string of the molecule is C=C(C)CN1CCCC(C2CCCN2)C1. The van der Waals surface area contributed by atoms with Gasteiger partial charge in [0.15, 0.2) is 0 Å². The molecule has 15 heavy (non-hydrogen) atoms. The average molecular weight is 208 g/mol. The summed E-state index contributed by atoms with van der Waals surface area (Å²) in [5, 5.41) is 3.65. The Bertz CT molecular complexity index is 219. The first-order valence-corrected chi connectivity index (χ1v) is 6.36. The zero-order valence-corrected chi connectivity index (χ0v) is 9.97. The summed E-state index contributed by atoms with van der Waals surface area (Å²) in [7, 11) is 0. The van der Waals surface area contributed by atoms with Crippen LogP contribution in [0.4, 0.5) is 0 Å². The zero-order chi connectivity index (χ0) is 10.7. The van der Waals surface area contributed by atoms with Gasteiger partial charge in [0.05, 0.1) is 0 Å². The van der Waals surface area contributed by atoms with E-state index in [1.54, 1.807) is 0 Å². The Morgan fingerprint density at radius 1 is 1.40 bits per heavy atom. The van der Waals surface area contributed by atoms with E-state index in [1.165, 1.54) is 50.9 Å². The molecule has 0 saturated carbocycles. The molecule has 0 spiro atoms. The third-order valence-corrected chi connectivity index (χ3v) is 3.70. The molecule has 2 heterocycles.